The molecule has 70 valence electrons. The van der Waals surface area contributed by atoms with Crippen molar-refractivity contribution in [2.24, 2.45) is 0 Å². The molecular formula is C10H12O2S. The van der Waals surface area contributed by atoms with Gasteiger partial charge in [-0.2, -0.15) is 0 Å². The summed E-state index contributed by atoms with van der Waals surface area (Å²) in [6, 6.07) is 1.99. The first kappa shape index (κ1) is 9.99. The Kier molecular flexibility index (Phi) is 3.25. The Morgan fingerprint density at radius 2 is 2.38 bits per heavy atom. The Hall–Kier alpha value is -1.09. The van der Waals surface area contributed by atoms with E-state index in [0.29, 0.717) is 12.0 Å². The van der Waals surface area contributed by atoms with Gasteiger partial charge in [-0.25, -0.2) is 4.79 Å². The molecule has 0 unspecified atom stereocenters. The molecule has 0 spiro atoms. The second-order valence-corrected chi connectivity index (χ2v) is 3.93. The molecule has 0 atom stereocenters. The monoisotopic (exact) mass is 196 g/mol. The van der Waals surface area contributed by atoms with E-state index in [1.54, 1.807) is 17.4 Å². The second kappa shape index (κ2) is 4.23. The highest BCUT2D eigenvalue weighted by molar-refractivity contribution is 7.10. The van der Waals surface area contributed by atoms with Gasteiger partial charge < -0.3 is 5.11 Å². The Morgan fingerprint density at radius 1 is 1.69 bits per heavy atom. The SMILES string of the molecule is CC/C(=C\c1csc(C)c1)C(=O)O. The number of hydrogen-bond donors (Lipinski definition) is 1. The van der Waals surface area contributed by atoms with E-state index in [-0.39, 0.29) is 0 Å². The molecule has 1 heterocycles. The van der Waals surface area contributed by atoms with E-state index >= 15 is 0 Å². The number of aryl methyl sites for hydroxylation is 1. The molecule has 0 fully saturated rings. The van der Waals surface area contributed by atoms with Gasteiger partial charge in [0, 0.05) is 10.5 Å². The highest BCUT2D eigenvalue weighted by Gasteiger charge is 2.04. The Bertz CT molecular complexity index is 336. The maximum Gasteiger partial charge on any atom is 0.331 e. The van der Waals surface area contributed by atoms with E-state index in [1.165, 1.54) is 4.88 Å². The average Bonchev–Trinajstić information content (AvgIpc) is 2.46. The Labute approximate surface area is 81.5 Å². The van der Waals surface area contributed by atoms with E-state index in [9.17, 15) is 4.79 Å². The van der Waals surface area contributed by atoms with Gasteiger partial charge in [-0.05, 0) is 36.4 Å². The predicted molar refractivity (Wildman–Crippen MR) is 55.0 cm³/mol. The van der Waals surface area contributed by atoms with E-state index in [2.05, 4.69) is 0 Å². The molecule has 0 aliphatic rings. The summed E-state index contributed by atoms with van der Waals surface area (Å²) in [6.07, 6.45) is 2.29. The van der Waals surface area contributed by atoms with Crippen LogP contribution in [-0.4, -0.2) is 11.1 Å². The molecule has 3 heteroatoms. The molecule has 2 nitrogen and oxygen atoms in total. The van der Waals surface area contributed by atoms with Gasteiger partial charge in [0.1, 0.15) is 0 Å². The molecule has 0 aliphatic heterocycles. The van der Waals surface area contributed by atoms with Crippen LogP contribution < -0.4 is 0 Å². The van der Waals surface area contributed by atoms with Crippen LogP contribution in [0.15, 0.2) is 17.0 Å². The summed E-state index contributed by atoms with van der Waals surface area (Å²) in [4.78, 5) is 11.9. The van der Waals surface area contributed by atoms with E-state index in [0.717, 1.165) is 5.56 Å². The highest BCUT2D eigenvalue weighted by Crippen LogP contribution is 2.17. The van der Waals surface area contributed by atoms with Crippen LogP contribution in [0.2, 0.25) is 0 Å². The van der Waals surface area contributed by atoms with Crippen molar-refractivity contribution in [3.8, 4) is 0 Å². The first-order chi connectivity index (χ1) is 6.13. The van der Waals surface area contributed by atoms with Gasteiger partial charge >= 0.3 is 5.97 Å². The number of hydrogen-bond acceptors (Lipinski definition) is 2. The van der Waals surface area contributed by atoms with Crippen LogP contribution in [0.3, 0.4) is 0 Å². The average molecular weight is 196 g/mol. The van der Waals surface area contributed by atoms with Crippen LogP contribution in [0.5, 0.6) is 0 Å². The van der Waals surface area contributed by atoms with Crippen molar-refractivity contribution in [3.63, 3.8) is 0 Å². The summed E-state index contributed by atoms with van der Waals surface area (Å²) in [7, 11) is 0. The molecule has 0 aliphatic carbocycles. The van der Waals surface area contributed by atoms with Crippen LogP contribution in [-0.2, 0) is 4.79 Å². The number of carboxylic acid groups (broad SMARTS) is 1. The molecule has 1 aromatic rings. The standard InChI is InChI=1S/C10H12O2S/c1-3-9(10(11)12)5-8-4-7(2)13-6-8/h4-6H,3H2,1-2H3,(H,11,12)/b9-5+. The zero-order valence-electron chi connectivity index (χ0n) is 7.70. The van der Waals surface area contributed by atoms with E-state index < -0.39 is 5.97 Å². The fourth-order valence-electron chi connectivity index (χ4n) is 1.06. The largest absolute Gasteiger partial charge is 0.478 e. The van der Waals surface area contributed by atoms with Gasteiger partial charge in [0.25, 0.3) is 0 Å². The minimum absolute atomic E-state index is 0.456. The molecule has 0 aromatic carbocycles. The molecule has 1 rings (SSSR count). The van der Waals surface area contributed by atoms with Crippen molar-refractivity contribution in [2.45, 2.75) is 20.3 Å². The summed E-state index contributed by atoms with van der Waals surface area (Å²) in [5, 5.41) is 10.7. The van der Waals surface area contributed by atoms with Crippen LogP contribution in [0.1, 0.15) is 23.8 Å². The number of carboxylic acids is 1. The summed E-state index contributed by atoms with van der Waals surface area (Å²) < 4.78 is 0. The summed E-state index contributed by atoms with van der Waals surface area (Å²) in [5.41, 5.74) is 1.44. The van der Waals surface area contributed by atoms with Crippen molar-refractivity contribution in [3.05, 3.63) is 27.5 Å². The van der Waals surface area contributed by atoms with E-state index in [4.69, 9.17) is 5.11 Å². The topological polar surface area (TPSA) is 37.3 Å². The minimum Gasteiger partial charge on any atom is -0.478 e. The fourth-order valence-corrected chi connectivity index (χ4v) is 1.72. The van der Waals surface area contributed by atoms with Crippen LogP contribution in [0.25, 0.3) is 6.08 Å². The Morgan fingerprint density at radius 3 is 2.77 bits per heavy atom. The van der Waals surface area contributed by atoms with Crippen LogP contribution in [0, 0.1) is 6.92 Å². The summed E-state index contributed by atoms with van der Waals surface area (Å²) in [5.74, 6) is -0.827. The maximum atomic E-state index is 10.7. The van der Waals surface area contributed by atoms with Gasteiger partial charge in [0.2, 0.25) is 0 Å². The molecule has 0 radical (unpaired) electrons. The van der Waals surface area contributed by atoms with Crippen LogP contribution in [0.4, 0.5) is 0 Å². The zero-order chi connectivity index (χ0) is 9.84. The van der Waals surface area contributed by atoms with Crippen molar-refractivity contribution >= 4 is 23.4 Å². The molecule has 0 saturated carbocycles. The molecule has 0 bridgehead atoms. The molecule has 0 amide bonds. The van der Waals surface area contributed by atoms with Crippen molar-refractivity contribution in [1.29, 1.82) is 0 Å². The van der Waals surface area contributed by atoms with Gasteiger partial charge in [0.15, 0.2) is 0 Å². The summed E-state index contributed by atoms with van der Waals surface area (Å²) in [6.45, 7) is 3.85. The number of aliphatic carboxylic acids is 1. The summed E-state index contributed by atoms with van der Waals surface area (Å²) >= 11 is 1.63. The molecule has 0 saturated heterocycles. The smallest absolute Gasteiger partial charge is 0.331 e. The lowest BCUT2D eigenvalue weighted by Crippen LogP contribution is -1.98. The molecule has 1 aromatic heterocycles. The molecule has 1 N–H and O–H groups in total. The number of thiophene rings is 1. The van der Waals surface area contributed by atoms with Crippen molar-refractivity contribution in [2.75, 3.05) is 0 Å². The number of rotatable bonds is 3. The fraction of sp³-hybridized carbons (Fsp3) is 0.300. The third-order valence-corrected chi connectivity index (χ3v) is 2.63. The van der Waals surface area contributed by atoms with Crippen molar-refractivity contribution < 1.29 is 9.90 Å². The predicted octanol–water partition coefficient (Wildman–Crippen LogP) is 2.93. The van der Waals surface area contributed by atoms with Crippen molar-refractivity contribution in [1.82, 2.24) is 0 Å². The molecular weight excluding hydrogens is 184 g/mol. The normalized spacial score (nSPS) is 11.7. The number of carbonyl (C=O) groups is 1. The first-order valence-electron chi connectivity index (χ1n) is 4.12. The lowest BCUT2D eigenvalue weighted by molar-refractivity contribution is -0.132. The lowest BCUT2D eigenvalue weighted by atomic mass is 10.1. The Balaban J connectivity index is 2.91. The maximum absolute atomic E-state index is 10.7. The highest BCUT2D eigenvalue weighted by atomic mass is 32.1. The van der Waals surface area contributed by atoms with Gasteiger partial charge in [-0.15, -0.1) is 11.3 Å². The second-order valence-electron chi connectivity index (χ2n) is 2.82. The van der Waals surface area contributed by atoms with E-state index in [1.807, 2.05) is 25.3 Å². The van der Waals surface area contributed by atoms with Gasteiger partial charge in [-0.1, -0.05) is 6.92 Å². The molecule has 13 heavy (non-hydrogen) atoms. The lowest BCUT2D eigenvalue weighted by Gasteiger charge is -1.94. The first-order valence-corrected chi connectivity index (χ1v) is 5.00. The minimum atomic E-state index is -0.827. The quantitative estimate of drug-likeness (QED) is 0.755. The zero-order valence-corrected chi connectivity index (χ0v) is 8.52. The van der Waals surface area contributed by atoms with Gasteiger partial charge in [0.05, 0.1) is 0 Å². The third-order valence-electron chi connectivity index (χ3n) is 1.75. The third kappa shape index (κ3) is 2.70. The van der Waals surface area contributed by atoms with Gasteiger partial charge in [-0.3, -0.25) is 0 Å². The van der Waals surface area contributed by atoms with Crippen LogP contribution >= 0.6 is 11.3 Å².